The Hall–Kier alpha value is -2.65. The Morgan fingerprint density at radius 1 is 1.21 bits per heavy atom. The number of hydrogen-bond donors (Lipinski definition) is 1. The van der Waals surface area contributed by atoms with E-state index in [0.29, 0.717) is 15.7 Å². The molecule has 1 spiro atoms. The molecule has 29 heavy (non-hydrogen) atoms. The molecule has 1 unspecified atom stereocenters. The summed E-state index contributed by atoms with van der Waals surface area (Å²) >= 11 is 3.39. The number of anilines is 1. The molecule has 0 fully saturated rings. The van der Waals surface area contributed by atoms with E-state index in [9.17, 15) is 14.4 Å². The van der Waals surface area contributed by atoms with Gasteiger partial charge in [0, 0.05) is 22.8 Å². The summed E-state index contributed by atoms with van der Waals surface area (Å²) < 4.78 is 21.5. The lowest BCUT2D eigenvalue weighted by Crippen LogP contribution is -2.46. The van der Waals surface area contributed by atoms with Crippen LogP contribution in [0.3, 0.4) is 0 Å². The molecule has 0 saturated heterocycles. The smallest absolute Gasteiger partial charge is 0.339 e. The van der Waals surface area contributed by atoms with Crippen LogP contribution >= 0.6 is 15.9 Å². The molecule has 0 aliphatic carbocycles. The minimum atomic E-state index is -1.75. The second kappa shape index (κ2) is 8.38. The number of benzene rings is 1. The Balaban J connectivity index is 2.22. The van der Waals surface area contributed by atoms with Crippen molar-refractivity contribution in [3.63, 3.8) is 0 Å². The molecule has 9 heteroatoms. The lowest BCUT2D eigenvalue weighted by Gasteiger charge is -2.34. The largest absolute Gasteiger partial charge is 0.468 e. The van der Waals surface area contributed by atoms with Crippen LogP contribution in [0.5, 0.6) is 0 Å². The van der Waals surface area contributed by atoms with Gasteiger partial charge in [0.1, 0.15) is 24.0 Å². The lowest BCUT2D eigenvalue weighted by molar-refractivity contribution is -0.143. The summed E-state index contributed by atoms with van der Waals surface area (Å²) in [5.41, 5.74) is -1.02. The number of hydrogen-bond acceptors (Lipinski definition) is 7. The second-order valence-corrected chi connectivity index (χ2v) is 7.24. The van der Waals surface area contributed by atoms with Crippen molar-refractivity contribution in [1.82, 2.24) is 0 Å². The van der Waals surface area contributed by atoms with E-state index in [1.54, 1.807) is 32.0 Å². The zero-order valence-corrected chi connectivity index (χ0v) is 17.8. The molecule has 1 aromatic carbocycles. The molecule has 1 aromatic rings. The molecular formula is C20H20BrNO7. The number of methoxy groups -OCH3 is 1. The Morgan fingerprint density at radius 2 is 1.97 bits per heavy atom. The molecular weight excluding hydrogens is 446 g/mol. The highest BCUT2D eigenvalue weighted by molar-refractivity contribution is 9.10. The zero-order valence-electron chi connectivity index (χ0n) is 16.2. The average Bonchev–Trinajstić information content (AvgIpc) is 2.94. The van der Waals surface area contributed by atoms with E-state index in [0.717, 1.165) is 6.26 Å². The molecule has 1 amide bonds. The van der Waals surface area contributed by atoms with Gasteiger partial charge in [0.25, 0.3) is 0 Å². The summed E-state index contributed by atoms with van der Waals surface area (Å²) in [5, 5.41) is 2.75. The zero-order chi connectivity index (χ0) is 21.2. The van der Waals surface area contributed by atoms with Crippen molar-refractivity contribution >= 4 is 39.5 Å². The predicted molar refractivity (Wildman–Crippen MR) is 106 cm³/mol. The van der Waals surface area contributed by atoms with Crippen LogP contribution in [0.1, 0.15) is 19.4 Å². The highest BCUT2D eigenvalue weighted by Crippen LogP contribution is 2.52. The molecule has 0 radical (unpaired) electrons. The van der Waals surface area contributed by atoms with Gasteiger partial charge in [-0.1, -0.05) is 15.9 Å². The monoisotopic (exact) mass is 465 g/mol. The van der Waals surface area contributed by atoms with Crippen molar-refractivity contribution in [1.29, 1.82) is 0 Å². The number of nitrogens with one attached hydrogen (secondary N) is 1. The molecule has 2 aliphatic rings. The van der Waals surface area contributed by atoms with Crippen molar-refractivity contribution in [3.8, 4) is 0 Å². The third kappa shape index (κ3) is 3.44. The Morgan fingerprint density at radius 3 is 2.66 bits per heavy atom. The van der Waals surface area contributed by atoms with E-state index in [-0.39, 0.29) is 36.7 Å². The number of esters is 2. The van der Waals surface area contributed by atoms with E-state index < -0.39 is 23.3 Å². The SMILES string of the molecule is CCOC(=O)C1=C(C)OC=C(C(=O)OCCOC)C12C(=O)Nc1ccc(Br)cc12. The second-order valence-electron chi connectivity index (χ2n) is 6.32. The van der Waals surface area contributed by atoms with E-state index in [4.69, 9.17) is 18.9 Å². The number of amides is 1. The molecule has 0 saturated carbocycles. The van der Waals surface area contributed by atoms with Gasteiger partial charge in [0.05, 0.1) is 24.4 Å². The van der Waals surface area contributed by atoms with Crippen LogP contribution in [0.4, 0.5) is 5.69 Å². The topological polar surface area (TPSA) is 100 Å². The first kappa shape index (κ1) is 21.1. The molecule has 0 bridgehead atoms. The molecule has 2 heterocycles. The van der Waals surface area contributed by atoms with Crippen molar-refractivity contribution in [3.05, 3.63) is 51.4 Å². The minimum Gasteiger partial charge on any atom is -0.468 e. The normalized spacial score (nSPS) is 20.0. The van der Waals surface area contributed by atoms with Gasteiger partial charge < -0.3 is 24.3 Å². The highest BCUT2D eigenvalue weighted by atomic mass is 79.9. The summed E-state index contributed by atoms with van der Waals surface area (Å²) in [6, 6.07) is 5.12. The van der Waals surface area contributed by atoms with E-state index in [1.165, 1.54) is 7.11 Å². The fourth-order valence-electron chi connectivity index (χ4n) is 3.48. The first-order chi connectivity index (χ1) is 13.9. The van der Waals surface area contributed by atoms with Gasteiger partial charge in [0.2, 0.25) is 5.91 Å². The fraction of sp³-hybridized carbons (Fsp3) is 0.350. The third-order valence-electron chi connectivity index (χ3n) is 4.68. The standard InChI is InChI=1S/C20H20BrNO7/c1-4-27-18(24)16-11(2)29-10-14(17(23)28-8-7-26-3)20(16)13-9-12(21)5-6-15(13)22-19(20)25/h5-6,9-10H,4,7-8H2,1-3H3,(H,22,25). The van der Waals surface area contributed by atoms with E-state index in [2.05, 4.69) is 21.2 Å². The summed E-state index contributed by atoms with van der Waals surface area (Å²) in [5.74, 6) is -1.94. The van der Waals surface area contributed by atoms with Gasteiger partial charge in [-0.15, -0.1) is 0 Å². The Bertz CT molecular complexity index is 937. The Kier molecular flexibility index (Phi) is 6.09. The lowest BCUT2D eigenvalue weighted by atomic mass is 9.68. The first-order valence-electron chi connectivity index (χ1n) is 8.91. The van der Waals surface area contributed by atoms with Crippen LogP contribution in [0.25, 0.3) is 0 Å². The molecule has 1 atom stereocenters. The number of fused-ring (bicyclic) bond motifs is 2. The van der Waals surface area contributed by atoms with Gasteiger partial charge in [-0.3, -0.25) is 4.79 Å². The van der Waals surface area contributed by atoms with Crippen molar-refractivity contribution in [2.24, 2.45) is 0 Å². The summed E-state index contributed by atoms with van der Waals surface area (Å²) in [6.45, 7) is 3.45. The molecule has 154 valence electrons. The van der Waals surface area contributed by atoms with Crippen molar-refractivity contribution in [2.75, 3.05) is 32.2 Å². The van der Waals surface area contributed by atoms with Crippen LogP contribution < -0.4 is 5.32 Å². The summed E-state index contributed by atoms with van der Waals surface area (Å²) in [6.07, 6.45) is 1.16. The quantitative estimate of drug-likeness (QED) is 0.508. The molecule has 2 aliphatic heterocycles. The minimum absolute atomic E-state index is 0.0207. The van der Waals surface area contributed by atoms with Crippen LogP contribution in [0, 0.1) is 0 Å². The van der Waals surface area contributed by atoms with Crippen LogP contribution in [-0.2, 0) is 38.7 Å². The molecule has 8 nitrogen and oxygen atoms in total. The highest BCUT2D eigenvalue weighted by Gasteiger charge is 2.60. The number of carbonyl (C=O) groups is 3. The first-order valence-corrected chi connectivity index (χ1v) is 9.70. The number of carbonyl (C=O) groups excluding carboxylic acids is 3. The Labute approximate surface area is 176 Å². The van der Waals surface area contributed by atoms with Gasteiger partial charge in [-0.05, 0) is 32.0 Å². The third-order valence-corrected chi connectivity index (χ3v) is 5.17. The number of ether oxygens (including phenoxy) is 4. The maximum Gasteiger partial charge on any atom is 0.339 e. The molecule has 0 aromatic heterocycles. The van der Waals surface area contributed by atoms with Gasteiger partial charge in [-0.25, -0.2) is 9.59 Å². The molecule has 1 N–H and O–H groups in total. The van der Waals surface area contributed by atoms with Gasteiger partial charge in [-0.2, -0.15) is 0 Å². The van der Waals surface area contributed by atoms with Crippen LogP contribution in [0.2, 0.25) is 0 Å². The van der Waals surface area contributed by atoms with Gasteiger partial charge in [0.15, 0.2) is 0 Å². The van der Waals surface area contributed by atoms with Crippen molar-refractivity contribution < 1.29 is 33.3 Å². The fourth-order valence-corrected chi connectivity index (χ4v) is 3.84. The van der Waals surface area contributed by atoms with E-state index in [1.807, 2.05) is 0 Å². The summed E-state index contributed by atoms with van der Waals surface area (Å²) in [7, 11) is 1.47. The molecule has 3 rings (SSSR count). The van der Waals surface area contributed by atoms with Crippen LogP contribution in [-0.4, -0.2) is 44.8 Å². The average molecular weight is 466 g/mol. The summed E-state index contributed by atoms with van der Waals surface area (Å²) in [4.78, 5) is 39.1. The van der Waals surface area contributed by atoms with Gasteiger partial charge >= 0.3 is 11.9 Å². The maximum absolute atomic E-state index is 13.3. The van der Waals surface area contributed by atoms with Crippen molar-refractivity contribution in [2.45, 2.75) is 19.3 Å². The number of allylic oxidation sites excluding steroid dienone is 1. The number of rotatable bonds is 6. The number of halogens is 1. The van der Waals surface area contributed by atoms with Crippen LogP contribution in [0.15, 0.2) is 45.8 Å². The maximum atomic E-state index is 13.3. The van der Waals surface area contributed by atoms with E-state index >= 15 is 0 Å². The predicted octanol–water partition coefficient (Wildman–Crippen LogP) is 2.58.